The molecular formula is C51H30. The largest absolute Gasteiger partial charge is 0.0725 e. The van der Waals surface area contributed by atoms with E-state index >= 15 is 0 Å². The number of hydrogen-bond donors (Lipinski definition) is 0. The van der Waals surface area contributed by atoms with Crippen molar-refractivity contribution in [3.63, 3.8) is 0 Å². The Morgan fingerprint density at radius 3 is 1.63 bits per heavy atom. The van der Waals surface area contributed by atoms with Crippen LogP contribution in [-0.4, -0.2) is 0 Å². The Morgan fingerprint density at radius 1 is 0.275 bits per heavy atom. The van der Waals surface area contributed by atoms with E-state index in [1.807, 2.05) is 0 Å². The second-order valence-corrected chi connectivity index (χ2v) is 14.3. The predicted octanol–water partition coefficient (Wildman–Crippen LogP) is 13.4. The standard InChI is InChI=1S/C51H30/c1-2-10-31(11-3-1)36-16-9-17-41-38(36)27-29-47-50(41)43-30-35(37-25-22-34-21-20-32-12-8-13-33-23-26-42(37)49(34)48(32)33)24-28-46(43)51(47)44-18-6-4-14-39(44)40-15-5-7-19-45(40)51/h1-30H. The number of rotatable bonds is 2. The zero-order valence-corrected chi connectivity index (χ0v) is 27.8. The van der Waals surface area contributed by atoms with Gasteiger partial charge in [0, 0.05) is 0 Å². The summed E-state index contributed by atoms with van der Waals surface area (Å²) in [5, 5.41) is 10.5. The van der Waals surface area contributed by atoms with E-state index in [0.29, 0.717) is 0 Å². The van der Waals surface area contributed by atoms with Crippen LogP contribution in [0, 0.1) is 0 Å². The van der Waals surface area contributed by atoms with E-state index in [0.717, 1.165) is 0 Å². The highest BCUT2D eigenvalue weighted by Crippen LogP contribution is 2.64. The highest BCUT2D eigenvalue weighted by Gasteiger charge is 2.52. The van der Waals surface area contributed by atoms with Gasteiger partial charge < -0.3 is 0 Å². The third-order valence-corrected chi connectivity index (χ3v) is 12.0. The topological polar surface area (TPSA) is 0 Å². The average Bonchev–Trinajstić information content (AvgIpc) is 3.67. The summed E-state index contributed by atoms with van der Waals surface area (Å²) in [6, 6.07) is 68.6. The first kappa shape index (κ1) is 27.3. The van der Waals surface area contributed by atoms with Gasteiger partial charge in [0.25, 0.3) is 0 Å². The van der Waals surface area contributed by atoms with Gasteiger partial charge >= 0.3 is 0 Å². The fourth-order valence-corrected chi connectivity index (χ4v) is 10.0. The Morgan fingerprint density at radius 2 is 0.843 bits per heavy atom. The quantitative estimate of drug-likeness (QED) is 0.165. The van der Waals surface area contributed by atoms with Gasteiger partial charge in [0.05, 0.1) is 5.41 Å². The predicted molar refractivity (Wildman–Crippen MR) is 215 cm³/mol. The molecule has 0 amide bonds. The van der Waals surface area contributed by atoms with Crippen molar-refractivity contribution in [2.45, 2.75) is 5.41 Å². The van der Waals surface area contributed by atoms with Crippen molar-refractivity contribution in [3.8, 4) is 44.5 Å². The fraction of sp³-hybridized carbons (Fsp3) is 0.0196. The molecule has 0 saturated carbocycles. The zero-order chi connectivity index (χ0) is 33.3. The Kier molecular flexibility index (Phi) is 5.26. The van der Waals surface area contributed by atoms with Crippen molar-refractivity contribution in [3.05, 3.63) is 204 Å². The van der Waals surface area contributed by atoms with Crippen LogP contribution in [-0.2, 0) is 5.41 Å². The Balaban J connectivity index is 1.20. The number of benzene rings is 10. The molecule has 1 spiro atoms. The second kappa shape index (κ2) is 9.81. The molecule has 0 nitrogen and oxygen atoms in total. The van der Waals surface area contributed by atoms with Gasteiger partial charge in [-0.15, -0.1) is 0 Å². The third kappa shape index (κ3) is 3.40. The molecule has 0 aromatic heterocycles. The first-order valence-corrected chi connectivity index (χ1v) is 17.9. The molecule has 0 N–H and O–H groups in total. The molecule has 2 aliphatic carbocycles. The van der Waals surface area contributed by atoms with Gasteiger partial charge in [-0.3, -0.25) is 0 Å². The molecule has 0 heterocycles. The summed E-state index contributed by atoms with van der Waals surface area (Å²) in [4.78, 5) is 0. The normalized spacial score (nSPS) is 13.6. The number of fused-ring (bicyclic) bond motifs is 12. The molecule has 51 heavy (non-hydrogen) atoms. The summed E-state index contributed by atoms with van der Waals surface area (Å²) in [6.07, 6.45) is 0. The van der Waals surface area contributed by atoms with Crippen molar-refractivity contribution >= 4 is 43.1 Å². The summed E-state index contributed by atoms with van der Waals surface area (Å²) in [5.74, 6) is 0. The summed E-state index contributed by atoms with van der Waals surface area (Å²) in [7, 11) is 0. The maximum Gasteiger partial charge on any atom is 0.0725 e. The second-order valence-electron chi connectivity index (χ2n) is 14.3. The molecule has 0 heteroatoms. The lowest BCUT2D eigenvalue weighted by molar-refractivity contribution is 0.794. The number of hydrogen-bond acceptors (Lipinski definition) is 0. The maximum absolute atomic E-state index is 2.51. The van der Waals surface area contributed by atoms with E-state index < -0.39 is 5.41 Å². The monoisotopic (exact) mass is 642 g/mol. The lowest BCUT2D eigenvalue weighted by Crippen LogP contribution is -2.25. The maximum atomic E-state index is 2.51. The van der Waals surface area contributed by atoms with Crippen LogP contribution >= 0.6 is 0 Å². The van der Waals surface area contributed by atoms with Crippen molar-refractivity contribution < 1.29 is 0 Å². The molecular weight excluding hydrogens is 613 g/mol. The molecule has 0 fully saturated rings. The SMILES string of the molecule is c1ccc(-c2cccc3c4c(ccc23)C2(c3ccccc3-c3ccccc32)c2ccc(-c3ccc5ccc6cccc7ccc3c5c67)cc2-4)cc1. The first-order valence-electron chi connectivity index (χ1n) is 17.9. The van der Waals surface area contributed by atoms with Crippen LogP contribution in [0.3, 0.4) is 0 Å². The lowest BCUT2D eigenvalue weighted by atomic mass is 9.70. The minimum Gasteiger partial charge on any atom is -0.0622 e. The lowest BCUT2D eigenvalue weighted by Gasteiger charge is -2.30. The van der Waals surface area contributed by atoms with Gasteiger partial charge in [0.2, 0.25) is 0 Å². The van der Waals surface area contributed by atoms with Crippen LogP contribution in [0.4, 0.5) is 0 Å². The Bertz CT molecular complexity index is 3010. The average molecular weight is 643 g/mol. The Labute approximate surface area is 296 Å². The Hall–Kier alpha value is -6.50. The summed E-state index contributed by atoms with van der Waals surface area (Å²) in [5.41, 5.74) is 15.5. The van der Waals surface area contributed by atoms with E-state index in [9.17, 15) is 0 Å². The molecule has 0 bridgehead atoms. The van der Waals surface area contributed by atoms with Crippen molar-refractivity contribution in [1.82, 2.24) is 0 Å². The van der Waals surface area contributed by atoms with Crippen molar-refractivity contribution in [2.24, 2.45) is 0 Å². The molecule has 10 aromatic carbocycles. The highest BCUT2D eigenvalue weighted by atomic mass is 14.5. The summed E-state index contributed by atoms with van der Waals surface area (Å²) in [6.45, 7) is 0. The molecule has 12 rings (SSSR count). The smallest absolute Gasteiger partial charge is 0.0622 e. The van der Waals surface area contributed by atoms with Crippen LogP contribution < -0.4 is 0 Å². The minimum atomic E-state index is -0.393. The molecule has 10 aromatic rings. The van der Waals surface area contributed by atoms with E-state index in [4.69, 9.17) is 0 Å². The van der Waals surface area contributed by atoms with E-state index in [1.165, 1.54) is 110 Å². The molecule has 234 valence electrons. The summed E-state index contributed by atoms with van der Waals surface area (Å²) >= 11 is 0. The van der Waals surface area contributed by atoms with Gasteiger partial charge in [-0.25, -0.2) is 0 Å². The first-order chi connectivity index (χ1) is 25.3. The highest BCUT2D eigenvalue weighted by molar-refractivity contribution is 6.25. The van der Waals surface area contributed by atoms with E-state index in [-0.39, 0.29) is 0 Å². The molecule has 2 aliphatic rings. The molecule has 0 atom stereocenters. The summed E-state index contributed by atoms with van der Waals surface area (Å²) < 4.78 is 0. The minimum absolute atomic E-state index is 0.393. The molecule has 0 aliphatic heterocycles. The van der Waals surface area contributed by atoms with Gasteiger partial charge in [-0.05, 0) is 116 Å². The van der Waals surface area contributed by atoms with Gasteiger partial charge in [-0.1, -0.05) is 176 Å². The van der Waals surface area contributed by atoms with Gasteiger partial charge in [0.15, 0.2) is 0 Å². The van der Waals surface area contributed by atoms with E-state index in [1.54, 1.807) is 0 Å². The van der Waals surface area contributed by atoms with Crippen LogP contribution in [0.25, 0.3) is 87.6 Å². The zero-order valence-electron chi connectivity index (χ0n) is 27.8. The van der Waals surface area contributed by atoms with Crippen LogP contribution in [0.1, 0.15) is 22.3 Å². The van der Waals surface area contributed by atoms with Crippen molar-refractivity contribution in [2.75, 3.05) is 0 Å². The van der Waals surface area contributed by atoms with Crippen LogP contribution in [0.2, 0.25) is 0 Å². The third-order valence-electron chi connectivity index (χ3n) is 12.0. The van der Waals surface area contributed by atoms with Crippen LogP contribution in [0.15, 0.2) is 182 Å². The molecule has 0 unspecified atom stereocenters. The van der Waals surface area contributed by atoms with Crippen LogP contribution in [0.5, 0.6) is 0 Å². The van der Waals surface area contributed by atoms with Crippen molar-refractivity contribution in [1.29, 1.82) is 0 Å². The molecule has 0 saturated heterocycles. The van der Waals surface area contributed by atoms with Gasteiger partial charge in [-0.2, -0.15) is 0 Å². The van der Waals surface area contributed by atoms with E-state index in [2.05, 4.69) is 182 Å². The molecule has 0 radical (unpaired) electrons. The van der Waals surface area contributed by atoms with Gasteiger partial charge in [0.1, 0.15) is 0 Å². The fourth-order valence-electron chi connectivity index (χ4n) is 10.0.